The molecule has 6 nitrogen and oxygen atoms in total. The molecule has 1 aliphatic rings. The molecule has 2 unspecified atom stereocenters. The van der Waals surface area contributed by atoms with Gasteiger partial charge in [0.25, 0.3) is 0 Å². The summed E-state index contributed by atoms with van der Waals surface area (Å²) in [6.07, 6.45) is 0.254. The van der Waals surface area contributed by atoms with Gasteiger partial charge in [-0.1, -0.05) is 6.92 Å². The molecule has 0 aromatic rings. The first kappa shape index (κ1) is 13.0. The van der Waals surface area contributed by atoms with E-state index in [0.717, 1.165) is 0 Å². The third kappa shape index (κ3) is 2.52. The maximum absolute atomic E-state index is 11.8. The molecule has 0 aliphatic carbocycles. The van der Waals surface area contributed by atoms with Gasteiger partial charge in [0.2, 0.25) is 5.91 Å². The first-order valence-corrected chi connectivity index (χ1v) is 6.66. The van der Waals surface area contributed by atoms with Crippen molar-refractivity contribution in [3.63, 3.8) is 0 Å². The molecule has 0 spiro atoms. The van der Waals surface area contributed by atoms with Crippen LogP contribution in [-0.2, 0) is 19.4 Å². The number of carbonyl (C=O) groups excluding carboxylic acids is 1. The largest absolute Gasteiger partial charge is 0.481 e. The first-order valence-electron chi connectivity index (χ1n) is 4.95. The van der Waals surface area contributed by atoms with Gasteiger partial charge in [0.05, 0.1) is 11.7 Å². The number of aliphatic carboxylic acids is 1. The van der Waals surface area contributed by atoms with Gasteiger partial charge in [-0.2, -0.15) is 0 Å². The normalized spacial score (nSPS) is 23.5. The summed E-state index contributed by atoms with van der Waals surface area (Å²) in [5, 5.41) is 7.59. The van der Waals surface area contributed by atoms with Crippen molar-refractivity contribution in [1.82, 2.24) is 4.90 Å². The van der Waals surface area contributed by atoms with Crippen molar-refractivity contribution in [3.05, 3.63) is 0 Å². The number of sulfone groups is 1. The lowest BCUT2D eigenvalue weighted by Gasteiger charge is -2.13. The highest BCUT2D eigenvalue weighted by Crippen LogP contribution is 2.19. The van der Waals surface area contributed by atoms with Crippen molar-refractivity contribution < 1.29 is 23.1 Å². The SMILES string of the molecule is CC(CS(=O)(=O)C1CCN(C)C1=O)C(=O)O. The lowest BCUT2D eigenvalue weighted by Crippen LogP contribution is -2.35. The molecular formula is C9H15NO5S. The third-order valence-electron chi connectivity index (χ3n) is 2.72. The van der Waals surface area contributed by atoms with Gasteiger partial charge in [-0.05, 0) is 6.42 Å². The Bertz CT molecular complexity index is 402. The Morgan fingerprint density at radius 1 is 1.62 bits per heavy atom. The quantitative estimate of drug-likeness (QED) is 0.715. The molecule has 1 rings (SSSR count). The molecule has 1 fully saturated rings. The Morgan fingerprint density at radius 3 is 2.56 bits per heavy atom. The van der Waals surface area contributed by atoms with Crippen LogP contribution in [0.3, 0.4) is 0 Å². The molecule has 1 N–H and O–H groups in total. The molecule has 0 aromatic heterocycles. The standard InChI is InChI=1S/C9H15NO5S/c1-6(9(12)13)5-16(14,15)7-3-4-10(2)8(7)11/h6-7H,3-5H2,1-2H3,(H,12,13). The smallest absolute Gasteiger partial charge is 0.307 e. The molecule has 1 amide bonds. The molecule has 16 heavy (non-hydrogen) atoms. The Kier molecular flexibility index (Phi) is 3.57. The number of carboxylic acids is 1. The zero-order valence-corrected chi connectivity index (χ0v) is 10.0. The lowest BCUT2D eigenvalue weighted by molar-refractivity contribution is -0.140. The van der Waals surface area contributed by atoms with E-state index in [9.17, 15) is 18.0 Å². The summed E-state index contributed by atoms with van der Waals surface area (Å²) < 4.78 is 23.6. The van der Waals surface area contributed by atoms with E-state index in [0.29, 0.717) is 6.54 Å². The molecule has 7 heteroatoms. The van der Waals surface area contributed by atoms with Crippen LogP contribution in [0.5, 0.6) is 0 Å². The number of rotatable bonds is 4. The van der Waals surface area contributed by atoms with Gasteiger partial charge in [0, 0.05) is 13.6 Å². The van der Waals surface area contributed by atoms with Gasteiger partial charge in [0.1, 0.15) is 5.25 Å². The van der Waals surface area contributed by atoms with Crippen LogP contribution in [0.15, 0.2) is 0 Å². The molecule has 0 saturated carbocycles. The van der Waals surface area contributed by atoms with Gasteiger partial charge >= 0.3 is 5.97 Å². The summed E-state index contributed by atoms with van der Waals surface area (Å²) in [5.74, 6) is -3.06. The Balaban J connectivity index is 2.79. The molecule has 1 aliphatic heterocycles. The maximum Gasteiger partial charge on any atom is 0.307 e. The molecular weight excluding hydrogens is 234 g/mol. The zero-order valence-electron chi connectivity index (χ0n) is 9.21. The van der Waals surface area contributed by atoms with E-state index in [1.807, 2.05) is 0 Å². The summed E-state index contributed by atoms with van der Waals surface area (Å²) in [4.78, 5) is 23.4. The lowest BCUT2D eigenvalue weighted by atomic mass is 10.2. The van der Waals surface area contributed by atoms with E-state index in [1.165, 1.54) is 11.8 Å². The summed E-state index contributed by atoms with van der Waals surface area (Å²) in [5.41, 5.74) is 0. The number of carbonyl (C=O) groups is 2. The topological polar surface area (TPSA) is 91.8 Å². The van der Waals surface area contributed by atoms with Crippen LogP contribution < -0.4 is 0 Å². The number of nitrogens with zero attached hydrogens (tertiary/aromatic N) is 1. The van der Waals surface area contributed by atoms with E-state index >= 15 is 0 Å². The second-order valence-corrected chi connectivity index (χ2v) is 6.33. The fraction of sp³-hybridized carbons (Fsp3) is 0.778. The van der Waals surface area contributed by atoms with Crippen LogP contribution in [0.2, 0.25) is 0 Å². The predicted octanol–water partition coefficient (Wildman–Crippen LogP) is -0.647. The van der Waals surface area contributed by atoms with E-state index < -0.39 is 38.6 Å². The summed E-state index contributed by atoms with van der Waals surface area (Å²) in [7, 11) is -2.12. The van der Waals surface area contributed by atoms with Gasteiger partial charge < -0.3 is 10.0 Å². The predicted molar refractivity (Wildman–Crippen MR) is 56.6 cm³/mol. The van der Waals surface area contributed by atoms with Crippen molar-refractivity contribution in [2.24, 2.45) is 5.92 Å². The minimum atomic E-state index is -3.66. The summed E-state index contributed by atoms with van der Waals surface area (Å²) in [6, 6.07) is 0. The van der Waals surface area contributed by atoms with Crippen LogP contribution in [0.4, 0.5) is 0 Å². The van der Waals surface area contributed by atoms with Crippen LogP contribution in [-0.4, -0.2) is 54.9 Å². The average molecular weight is 249 g/mol. The molecule has 92 valence electrons. The minimum absolute atomic E-state index is 0.254. The van der Waals surface area contributed by atoms with Crippen LogP contribution >= 0.6 is 0 Å². The fourth-order valence-corrected chi connectivity index (χ4v) is 3.68. The van der Waals surface area contributed by atoms with E-state index in [-0.39, 0.29) is 6.42 Å². The zero-order chi connectivity index (χ0) is 12.5. The van der Waals surface area contributed by atoms with Gasteiger partial charge in [-0.15, -0.1) is 0 Å². The van der Waals surface area contributed by atoms with Gasteiger partial charge in [0.15, 0.2) is 9.84 Å². The molecule has 1 heterocycles. The number of hydrogen-bond donors (Lipinski definition) is 1. The van der Waals surface area contributed by atoms with Crippen molar-refractivity contribution >= 4 is 21.7 Å². The Hall–Kier alpha value is -1.11. The molecule has 1 saturated heterocycles. The summed E-state index contributed by atoms with van der Waals surface area (Å²) >= 11 is 0. The monoisotopic (exact) mass is 249 g/mol. The molecule has 2 atom stereocenters. The molecule has 0 aromatic carbocycles. The van der Waals surface area contributed by atoms with Gasteiger partial charge in [-0.3, -0.25) is 9.59 Å². The number of amides is 1. The number of carboxylic acid groups (broad SMARTS) is 1. The summed E-state index contributed by atoms with van der Waals surface area (Å²) in [6.45, 7) is 1.73. The van der Waals surface area contributed by atoms with Crippen molar-refractivity contribution in [2.45, 2.75) is 18.6 Å². The second kappa shape index (κ2) is 4.40. The van der Waals surface area contributed by atoms with Crippen molar-refractivity contribution in [3.8, 4) is 0 Å². The second-order valence-electron chi connectivity index (χ2n) is 4.11. The molecule has 0 radical (unpaired) electrons. The van der Waals surface area contributed by atoms with Crippen molar-refractivity contribution in [2.75, 3.05) is 19.3 Å². The highest BCUT2D eigenvalue weighted by atomic mass is 32.2. The Labute approximate surface area is 94.2 Å². The first-order chi connectivity index (χ1) is 7.25. The number of hydrogen-bond acceptors (Lipinski definition) is 4. The fourth-order valence-electron chi connectivity index (χ4n) is 1.66. The van der Waals surface area contributed by atoms with E-state index in [1.54, 1.807) is 7.05 Å². The molecule has 0 bridgehead atoms. The average Bonchev–Trinajstić information content (AvgIpc) is 2.47. The van der Waals surface area contributed by atoms with E-state index in [4.69, 9.17) is 5.11 Å². The van der Waals surface area contributed by atoms with Crippen LogP contribution in [0.25, 0.3) is 0 Å². The van der Waals surface area contributed by atoms with Crippen LogP contribution in [0.1, 0.15) is 13.3 Å². The van der Waals surface area contributed by atoms with Crippen molar-refractivity contribution in [1.29, 1.82) is 0 Å². The third-order valence-corrected chi connectivity index (χ3v) is 4.98. The van der Waals surface area contributed by atoms with Crippen LogP contribution in [0, 0.1) is 5.92 Å². The Morgan fingerprint density at radius 2 is 2.19 bits per heavy atom. The van der Waals surface area contributed by atoms with E-state index in [2.05, 4.69) is 0 Å². The maximum atomic E-state index is 11.8. The minimum Gasteiger partial charge on any atom is -0.481 e. The van der Waals surface area contributed by atoms with Gasteiger partial charge in [-0.25, -0.2) is 8.42 Å². The highest BCUT2D eigenvalue weighted by molar-refractivity contribution is 7.92. The number of likely N-dealkylation sites (tertiary alicyclic amines) is 1. The highest BCUT2D eigenvalue weighted by Gasteiger charge is 2.40.